The minimum Gasteiger partial charge on any atom is -0.455 e. The van der Waals surface area contributed by atoms with Gasteiger partial charge in [-0.15, -0.1) is 0 Å². The molecule has 0 spiro atoms. The molecule has 0 aliphatic carbocycles. The Morgan fingerprint density at radius 1 is 0.340 bits per heavy atom. The molecular formula is C44H26N2O. The Morgan fingerprint density at radius 3 is 1.68 bits per heavy atom. The Kier molecular flexibility index (Phi) is 5.57. The third-order valence-electron chi connectivity index (χ3n) is 9.46. The molecule has 3 nitrogen and oxygen atoms in total. The van der Waals surface area contributed by atoms with Crippen LogP contribution in [0.5, 0.6) is 0 Å². The third-order valence-corrected chi connectivity index (χ3v) is 9.46. The number of aromatic nitrogens is 2. The van der Waals surface area contributed by atoms with Crippen LogP contribution in [0.2, 0.25) is 0 Å². The maximum atomic E-state index is 6.44. The summed E-state index contributed by atoms with van der Waals surface area (Å²) < 4.78 is 6.44. The van der Waals surface area contributed by atoms with E-state index in [9.17, 15) is 0 Å². The summed E-state index contributed by atoms with van der Waals surface area (Å²) in [5.41, 5.74) is 9.73. The van der Waals surface area contributed by atoms with Crippen LogP contribution < -0.4 is 0 Å². The highest BCUT2D eigenvalue weighted by atomic mass is 16.3. The molecule has 0 aliphatic rings. The van der Waals surface area contributed by atoms with E-state index in [0.29, 0.717) is 0 Å². The molecule has 0 fully saturated rings. The van der Waals surface area contributed by atoms with Crippen molar-refractivity contribution in [2.45, 2.75) is 0 Å². The van der Waals surface area contributed by atoms with E-state index in [-0.39, 0.29) is 0 Å². The highest BCUT2D eigenvalue weighted by molar-refractivity contribution is 6.14. The monoisotopic (exact) mass is 598 g/mol. The van der Waals surface area contributed by atoms with Gasteiger partial charge in [-0.05, 0) is 51.4 Å². The first kappa shape index (κ1) is 26.0. The lowest BCUT2D eigenvalue weighted by molar-refractivity contribution is 0.670. The number of pyridine rings is 2. The predicted molar refractivity (Wildman–Crippen MR) is 196 cm³/mol. The van der Waals surface area contributed by atoms with Gasteiger partial charge >= 0.3 is 0 Å². The minimum absolute atomic E-state index is 0.890. The molecule has 0 aliphatic heterocycles. The fourth-order valence-corrected chi connectivity index (χ4v) is 7.23. The largest absolute Gasteiger partial charge is 0.455 e. The van der Waals surface area contributed by atoms with Gasteiger partial charge in [0.15, 0.2) is 0 Å². The summed E-state index contributed by atoms with van der Waals surface area (Å²) >= 11 is 0. The van der Waals surface area contributed by atoms with Crippen LogP contribution in [0.15, 0.2) is 162 Å². The van der Waals surface area contributed by atoms with Crippen molar-refractivity contribution in [3.8, 4) is 33.6 Å². The molecule has 0 atom stereocenters. The van der Waals surface area contributed by atoms with Gasteiger partial charge in [0.05, 0.1) is 22.4 Å². The highest BCUT2D eigenvalue weighted by Gasteiger charge is 2.17. The van der Waals surface area contributed by atoms with Crippen molar-refractivity contribution in [1.29, 1.82) is 0 Å². The van der Waals surface area contributed by atoms with Gasteiger partial charge in [0, 0.05) is 38.2 Å². The SMILES string of the molecule is c1ccc(-c2cccc3c2oc2ccccc23)c(-c2ccc3ccc4ccc(-c5cc6ccccc6c6ccccc56)nc4c3n2)c1. The van der Waals surface area contributed by atoms with Gasteiger partial charge < -0.3 is 4.42 Å². The smallest absolute Gasteiger partial charge is 0.143 e. The van der Waals surface area contributed by atoms with E-state index in [1.807, 2.05) is 12.1 Å². The molecular weight excluding hydrogens is 572 g/mol. The molecule has 0 N–H and O–H groups in total. The lowest BCUT2D eigenvalue weighted by Gasteiger charge is -2.13. The first-order valence-corrected chi connectivity index (χ1v) is 15.9. The minimum atomic E-state index is 0.890. The quantitative estimate of drug-likeness (QED) is 0.190. The second kappa shape index (κ2) is 10.1. The number of benzene rings is 7. The molecule has 0 saturated carbocycles. The maximum absolute atomic E-state index is 6.44. The van der Waals surface area contributed by atoms with Gasteiger partial charge in [-0.1, -0.05) is 133 Å². The second-order valence-electron chi connectivity index (χ2n) is 12.1. The van der Waals surface area contributed by atoms with Gasteiger partial charge in [-0.25, -0.2) is 9.97 Å². The fraction of sp³-hybridized carbons (Fsp3) is 0. The average molecular weight is 599 g/mol. The van der Waals surface area contributed by atoms with Crippen LogP contribution in [-0.4, -0.2) is 9.97 Å². The Hall–Kier alpha value is -6.32. The zero-order valence-corrected chi connectivity index (χ0v) is 25.3. The molecule has 0 amide bonds. The number of hydrogen-bond acceptors (Lipinski definition) is 3. The van der Waals surface area contributed by atoms with Gasteiger partial charge in [-0.3, -0.25) is 0 Å². The van der Waals surface area contributed by atoms with Crippen molar-refractivity contribution < 1.29 is 4.42 Å². The fourth-order valence-electron chi connectivity index (χ4n) is 7.23. The molecule has 3 heterocycles. The number of furan rings is 1. The summed E-state index contributed by atoms with van der Waals surface area (Å²) in [4.78, 5) is 10.7. The van der Waals surface area contributed by atoms with Crippen molar-refractivity contribution in [3.05, 3.63) is 158 Å². The first-order valence-electron chi connectivity index (χ1n) is 15.9. The predicted octanol–water partition coefficient (Wildman–Crippen LogP) is 12.0. The molecule has 47 heavy (non-hydrogen) atoms. The van der Waals surface area contributed by atoms with Gasteiger partial charge in [-0.2, -0.15) is 0 Å². The first-order chi connectivity index (χ1) is 23.3. The molecule has 7 aromatic carbocycles. The number of hydrogen-bond donors (Lipinski definition) is 0. The van der Waals surface area contributed by atoms with E-state index >= 15 is 0 Å². The van der Waals surface area contributed by atoms with E-state index < -0.39 is 0 Å². The number of para-hydroxylation sites is 2. The molecule has 0 unspecified atom stereocenters. The van der Waals surface area contributed by atoms with Crippen molar-refractivity contribution >= 4 is 65.3 Å². The van der Waals surface area contributed by atoms with E-state index in [1.54, 1.807) is 0 Å². The van der Waals surface area contributed by atoms with Crippen molar-refractivity contribution in [2.24, 2.45) is 0 Å². The highest BCUT2D eigenvalue weighted by Crippen LogP contribution is 2.40. The van der Waals surface area contributed by atoms with Crippen LogP contribution in [0, 0.1) is 0 Å². The lowest BCUT2D eigenvalue weighted by atomic mass is 9.95. The zero-order chi connectivity index (χ0) is 30.9. The summed E-state index contributed by atoms with van der Waals surface area (Å²) in [6.45, 7) is 0. The van der Waals surface area contributed by atoms with Gasteiger partial charge in [0.1, 0.15) is 11.2 Å². The number of fused-ring (bicyclic) bond motifs is 9. The topological polar surface area (TPSA) is 38.9 Å². The normalized spacial score (nSPS) is 11.8. The zero-order valence-electron chi connectivity index (χ0n) is 25.3. The molecule has 10 rings (SSSR count). The molecule has 0 radical (unpaired) electrons. The summed E-state index contributed by atoms with van der Waals surface area (Å²) in [6, 6.07) is 55.4. The standard InChI is InChI=1S/C44H26N2O/c1-2-11-30-29(10-1)26-38(32-13-4-3-12-31(30)32)40-25-23-28-21-20-27-22-24-39(45-42(27)43(28)46-40)34-15-6-5-14-33(34)36-17-9-18-37-35-16-7-8-19-41(35)47-44(36)37/h1-26H. The van der Waals surface area contributed by atoms with Crippen LogP contribution in [0.4, 0.5) is 0 Å². The van der Waals surface area contributed by atoms with Crippen molar-refractivity contribution in [2.75, 3.05) is 0 Å². The van der Waals surface area contributed by atoms with Crippen molar-refractivity contribution in [3.63, 3.8) is 0 Å². The lowest BCUT2D eigenvalue weighted by Crippen LogP contribution is -1.93. The van der Waals surface area contributed by atoms with Crippen LogP contribution in [0.25, 0.3) is 98.9 Å². The van der Waals surface area contributed by atoms with E-state index in [1.165, 1.54) is 21.5 Å². The van der Waals surface area contributed by atoms with E-state index in [2.05, 4.69) is 146 Å². The van der Waals surface area contributed by atoms with E-state index in [4.69, 9.17) is 14.4 Å². The Balaban J connectivity index is 1.18. The van der Waals surface area contributed by atoms with Crippen LogP contribution in [0.1, 0.15) is 0 Å². The summed E-state index contributed by atoms with van der Waals surface area (Å²) in [6.07, 6.45) is 0. The van der Waals surface area contributed by atoms with Crippen LogP contribution >= 0.6 is 0 Å². The average Bonchev–Trinajstić information content (AvgIpc) is 3.53. The number of rotatable bonds is 3. The Morgan fingerprint density at radius 2 is 0.894 bits per heavy atom. The molecule has 218 valence electrons. The molecule has 3 aromatic heterocycles. The van der Waals surface area contributed by atoms with Crippen molar-refractivity contribution in [1.82, 2.24) is 9.97 Å². The summed E-state index contributed by atoms with van der Waals surface area (Å²) in [7, 11) is 0. The molecule has 3 heteroatoms. The second-order valence-corrected chi connectivity index (χ2v) is 12.1. The third kappa shape index (κ3) is 4.00. The van der Waals surface area contributed by atoms with Gasteiger partial charge in [0.2, 0.25) is 0 Å². The Labute approximate surface area is 270 Å². The van der Waals surface area contributed by atoms with Crippen LogP contribution in [-0.2, 0) is 0 Å². The molecule has 0 bridgehead atoms. The van der Waals surface area contributed by atoms with Crippen LogP contribution in [0.3, 0.4) is 0 Å². The summed E-state index contributed by atoms with van der Waals surface area (Å²) in [5, 5.41) is 9.25. The Bertz CT molecular complexity index is 2860. The molecule has 10 aromatic rings. The summed E-state index contributed by atoms with van der Waals surface area (Å²) in [5.74, 6) is 0. The van der Waals surface area contributed by atoms with Gasteiger partial charge in [0.25, 0.3) is 0 Å². The number of nitrogens with zero attached hydrogens (tertiary/aromatic N) is 2. The maximum Gasteiger partial charge on any atom is 0.143 e. The van der Waals surface area contributed by atoms with E-state index in [0.717, 1.165) is 77.4 Å². The molecule has 0 saturated heterocycles.